The first-order valence-corrected chi connectivity index (χ1v) is 14.1. The monoisotopic (exact) mass is 469 g/mol. The fourth-order valence-corrected chi connectivity index (χ4v) is 7.27. The molecule has 1 aromatic carbocycles. The molecule has 3 aliphatic rings. The van der Waals surface area contributed by atoms with Crippen LogP contribution in [0.15, 0.2) is 24.3 Å². The van der Waals surface area contributed by atoms with E-state index in [1.807, 2.05) is 0 Å². The zero-order valence-electron chi connectivity index (χ0n) is 21.7. The van der Waals surface area contributed by atoms with Crippen LogP contribution in [0.4, 0.5) is 0 Å². The number of hydrogen-bond donors (Lipinski definition) is 0. The number of carbonyl (C=O) groups is 1. The average molecular weight is 470 g/mol. The second-order valence-corrected chi connectivity index (χ2v) is 11.3. The maximum Gasteiger partial charge on any atom is 0.305 e. The third-order valence-corrected chi connectivity index (χ3v) is 9.06. The summed E-state index contributed by atoms with van der Waals surface area (Å²) in [4.78, 5) is 15.3. The fraction of sp³-hybridized carbons (Fsp3) is 0.767. The van der Waals surface area contributed by atoms with E-state index in [-0.39, 0.29) is 5.97 Å². The van der Waals surface area contributed by atoms with Crippen LogP contribution in [0, 0.1) is 17.8 Å². The van der Waals surface area contributed by atoms with Gasteiger partial charge in [-0.3, -0.25) is 9.69 Å². The first-order valence-electron chi connectivity index (χ1n) is 14.1. The van der Waals surface area contributed by atoms with Crippen molar-refractivity contribution in [2.24, 2.45) is 17.8 Å². The SMILES string of the molecule is COC(=O)CC1CCCC(N(CC2CCCCC2)CC2CCCCC2)C1c1ccc(OC)cc1. The minimum absolute atomic E-state index is 0.0599. The quantitative estimate of drug-likeness (QED) is 0.366. The molecule has 3 unspecified atom stereocenters. The van der Waals surface area contributed by atoms with Gasteiger partial charge in [0.1, 0.15) is 5.75 Å². The summed E-state index contributed by atoms with van der Waals surface area (Å²) in [7, 11) is 3.26. The summed E-state index contributed by atoms with van der Waals surface area (Å²) in [5.74, 6) is 3.26. The Labute approximate surface area is 207 Å². The van der Waals surface area contributed by atoms with Crippen molar-refractivity contribution < 1.29 is 14.3 Å². The zero-order valence-corrected chi connectivity index (χ0v) is 21.7. The van der Waals surface area contributed by atoms with E-state index in [4.69, 9.17) is 9.47 Å². The number of esters is 1. The third-order valence-electron chi connectivity index (χ3n) is 9.06. The Morgan fingerprint density at radius 3 is 1.91 bits per heavy atom. The molecule has 3 aliphatic carbocycles. The van der Waals surface area contributed by atoms with E-state index in [0.29, 0.717) is 24.3 Å². The molecule has 3 atom stereocenters. The highest BCUT2D eigenvalue weighted by Crippen LogP contribution is 2.44. The van der Waals surface area contributed by atoms with Gasteiger partial charge < -0.3 is 9.47 Å². The Bertz CT molecular complexity index is 716. The molecule has 3 fully saturated rings. The van der Waals surface area contributed by atoms with E-state index >= 15 is 0 Å². The van der Waals surface area contributed by atoms with Crippen LogP contribution in [0.1, 0.15) is 101 Å². The first-order chi connectivity index (χ1) is 16.7. The molecule has 4 rings (SSSR count). The van der Waals surface area contributed by atoms with Crippen molar-refractivity contribution in [1.82, 2.24) is 4.90 Å². The van der Waals surface area contributed by atoms with Crippen LogP contribution in [-0.4, -0.2) is 44.2 Å². The van der Waals surface area contributed by atoms with E-state index in [1.165, 1.54) is 103 Å². The molecule has 0 aliphatic heterocycles. The largest absolute Gasteiger partial charge is 0.497 e. The van der Waals surface area contributed by atoms with Crippen LogP contribution in [0.2, 0.25) is 0 Å². The maximum atomic E-state index is 12.4. The Balaban J connectivity index is 1.61. The lowest BCUT2D eigenvalue weighted by molar-refractivity contribution is -0.142. The average Bonchev–Trinajstić information content (AvgIpc) is 2.89. The van der Waals surface area contributed by atoms with Crippen molar-refractivity contribution >= 4 is 5.97 Å². The van der Waals surface area contributed by atoms with Crippen LogP contribution in [0.5, 0.6) is 5.75 Å². The highest BCUT2D eigenvalue weighted by atomic mass is 16.5. The Morgan fingerprint density at radius 1 is 0.794 bits per heavy atom. The van der Waals surface area contributed by atoms with E-state index < -0.39 is 0 Å². The van der Waals surface area contributed by atoms with Crippen molar-refractivity contribution in [1.29, 1.82) is 0 Å². The van der Waals surface area contributed by atoms with Gasteiger partial charge in [-0.05, 0) is 74.0 Å². The van der Waals surface area contributed by atoms with E-state index in [2.05, 4.69) is 29.2 Å². The van der Waals surface area contributed by atoms with Crippen molar-refractivity contribution in [3.8, 4) is 5.75 Å². The van der Waals surface area contributed by atoms with Gasteiger partial charge in [-0.2, -0.15) is 0 Å². The summed E-state index contributed by atoms with van der Waals surface area (Å²) < 4.78 is 10.6. The molecule has 0 aromatic heterocycles. The highest BCUT2D eigenvalue weighted by molar-refractivity contribution is 5.69. The summed E-state index contributed by atoms with van der Waals surface area (Å²) in [5, 5.41) is 0. The molecule has 1 aromatic rings. The van der Waals surface area contributed by atoms with E-state index in [0.717, 1.165) is 24.0 Å². The topological polar surface area (TPSA) is 38.8 Å². The molecular weight excluding hydrogens is 422 g/mol. The molecule has 0 heterocycles. The Hall–Kier alpha value is -1.55. The minimum Gasteiger partial charge on any atom is -0.497 e. The molecule has 3 saturated carbocycles. The van der Waals surface area contributed by atoms with Gasteiger partial charge in [-0.1, -0.05) is 57.1 Å². The molecule has 0 spiro atoms. The number of rotatable bonds is 9. The molecule has 34 heavy (non-hydrogen) atoms. The van der Waals surface area contributed by atoms with Crippen LogP contribution in [0.3, 0.4) is 0 Å². The van der Waals surface area contributed by atoms with E-state index in [9.17, 15) is 4.79 Å². The Morgan fingerprint density at radius 2 is 1.38 bits per heavy atom. The summed E-state index contributed by atoms with van der Waals surface area (Å²) >= 11 is 0. The number of nitrogens with zero attached hydrogens (tertiary/aromatic N) is 1. The smallest absolute Gasteiger partial charge is 0.305 e. The van der Waals surface area contributed by atoms with Crippen molar-refractivity contribution in [2.45, 2.75) is 102 Å². The molecule has 0 bridgehead atoms. The fourth-order valence-electron chi connectivity index (χ4n) is 7.27. The lowest BCUT2D eigenvalue weighted by atomic mass is 9.70. The lowest BCUT2D eigenvalue weighted by Gasteiger charge is -2.47. The second-order valence-electron chi connectivity index (χ2n) is 11.3. The molecule has 0 N–H and O–H groups in total. The molecule has 0 radical (unpaired) electrons. The number of ether oxygens (including phenoxy) is 2. The van der Waals surface area contributed by atoms with Gasteiger partial charge in [-0.15, -0.1) is 0 Å². The Kier molecular flexibility index (Phi) is 9.73. The molecular formula is C30H47NO3. The van der Waals surface area contributed by atoms with Crippen LogP contribution < -0.4 is 4.74 Å². The molecule has 0 saturated heterocycles. The van der Waals surface area contributed by atoms with Crippen molar-refractivity contribution in [3.63, 3.8) is 0 Å². The molecule has 190 valence electrons. The normalized spacial score (nSPS) is 27.0. The molecule has 0 amide bonds. The summed E-state index contributed by atoms with van der Waals surface area (Å²) in [6, 6.07) is 9.23. The van der Waals surface area contributed by atoms with Crippen LogP contribution in [0.25, 0.3) is 0 Å². The van der Waals surface area contributed by atoms with E-state index in [1.54, 1.807) is 7.11 Å². The van der Waals surface area contributed by atoms with Gasteiger partial charge in [0.05, 0.1) is 14.2 Å². The first kappa shape index (κ1) is 25.5. The van der Waals surface area contributed by atoms with Gasteiger partial charge in [0.25, 0.3) is 0 Å². The standard InChI is InChI=1S/C30H47NO3/c1-33-27-18-16-25(17-19-27)30-26(20-29(32)34-2)14-9-15-28(30)31(21-23-10-5-3-6-11-23)22-24-12-7-4-8-13-24/h16-19,23-24,26,28,30H,3-15,20-22H2,1-2H3. The number of methoxy groups -OCH3 is 2. The lowest BCUT2D eigenvalue weighted by Crippen LogP contribution is -2.48. The van der Waals surface area contributed by atoms with Gasteiger partial charge in [0.2, 0.25) is 0 Å². The summed E-state index contributed by atoms with van der Waals surface area (Å²) in [5.41, 5.74) is 1.37. The van der Waals surface area contributed by atoms with Gasteiger partial charge in [0, 0.05) is 31.5 Å². The zero-order chi connectivity index (χ0) is 23.8. The summed E-state index contributed by atoms with van der Waals surface area (Å²) in [6.07, 6.45) is 18.1. The number of carbonyl (C=O) groups excluding carboxylic acids is 1. The van der Waals surface area contributed by atoms with Crippen molar-refractivity contribution in [3.05, 3.63) is 29.8 Å². The van der Waals surface area contributed by atoms with Gasteiger partial charge in [-0.25, -0.2) is 0 Å². The summed E-state index contributed by atoms with van der Waals surface area (Å²) in [6.45, 7) is 2.50. The van der Waals surface area contributed by atoms with Crippen LogP contribution >= 0.6 is 0 Å². The highest BCUT2D eigenvalue weighted by Gasteiger charge is 2.40. The molecule has 4 heteroatoms. The second kappa shape index (κ2) is 13.0. The minimum atomic E-state index is -0.0599. The number of benzene rings is 1. The predicted octanol–water partition coefficient (Wildman–Crippen LogP) is 6.97. The number of hydrogen-bond acceptors (Lipinski definition) is 4. The predicted molar refractivity (Wildman–Crippen MR) is 138 cm³/mol. The molecule has 4 nitrogen and oxygen atoms in total. The van der Waals surface area contributed by atoms with Gasteiger partial charge >= 0.3 is 5.97 Å². The maximum absolute atomic E-state index is 12.4. The van der Waals surface area contributed by atoms with Gasteiger partial charge in [0.15, 0.2) is 0 Å². The third kappa shape index (κ3) is 6.77. The van der Waals surface area contributed by atoms with Crippen LogP contribution in [-0.2, 0) is 9.53 Å². The van der Waals surface area contributed by atoms with Crippen molar-refractivity contribution in [2.75, 3.05) is 27.3 Å².